The van der Waals surface area contributed by atoms with Gasteiger partial charge in [0.15, 0.2) is 5.95 Å². The van der Waals surface area contributed by atoms with Gasteiger partial charge in [0.25, 0.3) is 0 Å². The van der Waals surface area contributed by atoms with Crippen molar-refractivity contribution in [3.8, 4) is 0 Å². The monoisotopic (exact) mass is 509 g/mol. The maximum Gasteiger partial charge on any atom is 0.241 e. The first-order valence-corrected chi connectivity index (χ1v) is 12.8. The van der Waals surface area contributed by atoms with Crippen LogP contribution < -0.4 is 10.5 Å². The predicted octanol–water partition coefficient (Wildman–Crippen LogP) is 3.48. The molecule has 34 heavy (non-hydrogen) atoms. The second-order valence-corrected chi connectivity index (χ2v) is 10.4. The third kappa shape index (κ3) is 6.58. The van der Waals surface area contributed by atoms with E-state index in [1.54, 1.807) is 10.9 Å². The standard InChI is InChI=1S/C23H35N7O2S.ClH/c1-15-16(2)18(4)22(19(5)17(15)3)33(31,32)26-11-12-30-14-21(28-29-30)10-8-6-7-9-20-13-25-23(24)27-20;/h13-14,26H,6-12H2,1-5H3,(H3,24,25,27);1H. The highest BCUT2D eigenvalue weighted by molar-refractivity contribution is 7.89. The molecule has 2 heterocycles. The maximum atomic E-state index is 13.0. The van der Waals surface area contributed by atoms with Crippen molar-refractivity contribution in [2.75, 3.05) is 12.3 Å². The molecule has 0 fully saturated rings. The molecular formula is C23H36ClN7O2S. The fourth-order valence-electron chi connectivity index (χ4n) is 4.10. The van der Waals surface area contributed by atoms with Crippen LogP contribution in [0.25, 0.3) is 0 Å². The molecule has 0 bridgehead atoms. The van der Waals surface area contributed by atoms with Gasteiger partial charge in [0, 0.05) is 18.4 Å². The second kappa shape index (κ2) is 11.8. The van der Waals surface area contributed by atoms with Crippen LogP contribution in [-0.2, 0) is 29.4 Å². The van der Waals surface area contributed by atoms with E-state index in [2.05, 4.69) is 25.0 Å². The number of unbranched alkanes of at least 4 members (excludes halogenated alkanes) is 2. The van der Waals surface area contributed by atoms with Gasteiger partial charge in [-0.3, -0.25) is 4.68 Å². The van der Waals surface area contributed by atoms with Gasteiger partial charge in [0.2, 0.25) is 10.0 Å². The number of nitrogen functional groups attached to an aromatic ring is 1. The molecule has 0 aliphatic carbocycles. The molecule has 9 nitrogen and oxygen atoms in total. The number of aryl methyl sites for hydroxylation is 2. The molecule has 0 aliphatic heterocycles. The van der Waals surface area contributed by atoms with E-state index >= 15 is 0 Å². The average Bonchev–Trinajstić information content (AvgIpc) is 3.39. The maximum absolute atomic E-state index is 13.0. The van der Waals surface area contributed by atoms with Crippen molar-refractivity contribution in [3.63, 3.8) is 0 Å². The van der Waals surface area contributed by atoms with E-state index in [0.29, 0.717) is 17.4 Å². The lowest BCUT2D eigenvalue weighted by molar-refractivity contribution is 0.552. The first-order valence-electron chi connectivity index (χ1n) is 11.3. The molecule has 0 atom stereocenters. The molecular weight excluding hydrogens is 474 g/mol. The number of rotatable bonds is 11. The Bertz CT molecular complexity index is 1190. The van der Waals surface area contributed by atoms with Gasteiger partial charge in [0.1, 0.15) is 0 Å². The molecule has 0 saturated carbocycles. The first kappa shape index (κ1) is 27.8. The van der Waals surface area contributed by atoms with Crippen molar-refractivity contribution in [3.05, 3.63) is 51.6 Å². The number of H-pyrrole nitrogens is 1. The van der Waals surface area contributed by atoms with Crippen LogP contribution in [0.5, 0.6) is 0 Å². The number of aromatic amines is 1. The number of hydrogen-bond acceptors (Lipinski definition) is 6. The number of nitrogens with two attached hydrogens (primary N) is 1. The molecule has 0 amide bonds. The van der Waals surface area contributed by atoms with Crippen molar-refractivity contribution >= 4 is 28.4 Å². The molecule has 4 N–H and O–H groups in total. The smallest absolute Gasteiger partial charge is 0.241 e. The van der Waals surface area contributed by atoms with Crippen LogP contribution >= 0.6 is 12.4 Å². The lowest BCUT2D eigenvalue weighted by atomic mass is 9.95. The SMILES string of the molecule is Cc1c(C)c(C)c(S(=O)(=O)NCCn2cc(CCCCCc3cnc(N)[nH]3)nn2)c(C)c1C.Cl. The quantitative estimate of drug-likeness (QED) is 0.339. The van der Waals surface area contributed by atoms with Crippen molar-refractivity contribution in [1.82, 2.24) is 29.7 Å². The Balaban J connectivity index is 0.00000408. The molecule has 0 unspecified atom stereocenters. The van der Waals surface area contributed by atoms with Crippen LogP contribution in [0.3, 0.4) is 0 Å². The molecule has 188 valence electrons. The van der Waals surface area contributed by atoms with Crippen molar-refractivity contribution < 1.29 is 8.42 Å². The highest BCUT2D eigenvalue weighted by atomic mass is 35.5. The average molecular weight is 510 g/mol. The predicted molar refractivity (Wildman–Crippen MR) is 137 cm³/mol. The van der Waals surface area contributed by atoms with E-state index in [4.69, 9.17) is 5.73 Å². The highest BCUT2D eigenvalue weighted by Crippen LogP contribution is 2.29. The summed E-state index contributed by atoms with van der Waals surface area (Å²) in [6.07, 6.45) is 8.57. The van der Waals surface area contributed by atoms with Crippen molar-refractivity contribution in [1.29, 1.82) is 0 Å². The zero-order chi connectivity index (χ0) is 24.2. The Morgan fingerprint density at radius 1 is 0.971 bits per heavy atom. The third-order valence-electron chi connectivity index (χ3n) is 6.45. The van der Waals surface area contributed by atoms with Crippen LogP contribution in [0.15, 0.2) is 17.3 Å². The van der Waals surface area contributed by atoms with Gasteiger partial charge >= 0.3 is 0 Å². The number of sulfonamides is 1. The summed E-state index contributed by atoms with van der Waals surface area (Å²) in [6.45, 7) is 10.4. The van der Waals surface area contributed by atoms with Gasteiger partial charge in [0.05, 0.1) is 23.3 Å². The number of nitrogens with one attached hydrogen (secondary N) is 2. The van der Waals surface area contributed by atoms with Crippen LogP contribution in [-0.4, -0.2) is 39.9 Å². The van der Waals surface area contributed by atoms with Crippen LogP contribution in [0.2, 0.25) is 0 Å². The number of benzene rings is 1. The summed E-state index contributed by atoms with van der Waals surface area (Å²) in [4.78, 5) is 7.42. The number of anilines is 1. The Labute approximate surface area is 208 Å². The summed E-state index contributed by atoms with van der Waals surface area (Å²) < 4.78 is 30.5. The molecule has 0 saturated heterocycles. The van der Waals surface area contributed by atoms with Crippen LogP contribution in [0.4, 0.5) is 5.95 Å². The number of imidazole rings is 1. The molecule has 1 aromatic carbocycles. The normalized spacial score (nSPS) is 11.6. The van der Waals surface area contributed by atoms with E-state index in [1.807, 2.05) is 40.8 Å². The van der Waals surface area contributed by atoms with Crippen LogP contribution in [0.1, 0.15) is 58.5 Å². The number of halogens is 1. The molecule has 3 rings (SSSR count). The van der Waals surface area contributed by atoms with Gasteiger partial charge in [-0.15, -0.1) is 17.5 Å². The summed E-state index contributed by atoms with van der Waals surface area (Å²) in [6, 6.07) is 0. The fourth-order valence-corrected chi connectivity index (χ4v) is 5.72. The minimum atomic E-state index is -3.62. The summed E-state index contributed by atoms with van der Waals surface area (Å²) in [5, 5.41) is 8.35. The number of nitrogens with zero attached hydrogens (tertiary/aromatic N) is 4. The fraction of sp³-hybridized carbons (Fsp3) is 0.522. The minimum Gasteiger partial charge on any atom is -0.369 e. The zero-order valence-electron chi connectivity index (χ0n) is 20.6. The first-order chi connectivity index (χ1) is 15.6. The van der Waals surface area contributed by atoms with Gasteiger partial charge in [-0.2, -0.15) is 0 Å². The van der Waals surface area contributed by atoms with E-state index in [0.717, 1.165) is 71.3 Å². The van der Waals surface area contributed by atoms with E-state index in [-0.39, 0.29) is 19.0 Å². The van der Waals surface area contributed by atoms with E-state index < -0.39 is 10.0 Å². The van der Waals surface area contributed by atoms with Crippen molar-refractivity contribution in [2.45, 2.75) is 78.2 Å². The lowest BCUT2D eigenvalue weighted by Crippen LogP contribution is -2.29. The Hall–Kier alpha value is -2.43. The number of hydrogen-bond donors (Lipinski definition) is 3. The third-order valence-corrected chi connectivity index (χ3v) is 8.18. The molecule has 3 aromatic rings. The van der Waals surface area contributed by atoms with Gasteiger partial charge < -0.3 is 10.7 Å². The zero-order valence-corrected chi connectivity index (χ0v) is 22.2. The van der Waals surface area contributed by atoms with Crippen LogP contribution in [0, 0.1) is 34.6 Å². The van der Waals surface area contributed by atoms with Crippen molar-refractivity contribution in [2.24, 2.45) is 0 Å². The summed E-state index contributed by atoms with van der Waals surface area (Å²) in [5.41, 5.74) is 12.4. The summed E-state index contributed by atoms with van der Waals surface area (Å²) >= 11 is 0. The van der Waals surface area contributed by atoms with E-state index in [9.17, 15) is 8.42 Å². The summed E-state index contributed by atoms with van der Waals surface area (Å²) in [7, 11) is -3.62. The van der Waals surface area contributed by atoms with E-state index in [1.165, 1.54) is 0 Å². The largest absolute Gasteiger partial charge is 0.369 e. The molecule has 0 radical (unpaired) electrons. The number of aromatic nitrogens is 5. The summed E-state index contributed by atoms with van der Waals surface area (Å²) in [5.74, 6) is 0.457. The van der Waals surface area contributed by atoms with Gasteiger partial charge in [-0.1, -0.05) is 11.6 Å². The molecule has 2 aromatic heterocycles. The molecule has 0 aliphatic rings. The second-order valence-electron chi connectivity index (χ2n) is 8.68. The Morgan fingerprint density at radius 2 is 1.59 bits per heavy atom. The molecule has 0 spiro atoms. The Kier molecular flexibility index (Phi) is 9.66. The topological polar surface area (TPSA) is 132 Å². The van der Waals surface area contributed by atoms with Gasteiger partial charge in [-0.25, -0.2) is 18.1 Å². The Morgan fingerprint density at radius 3 is 2.21 bits per heavy atom. The lowest BCUT2D eigenvalue weighted by Gasteiger charge is -2.19. The highest BCUT2D eigenvalue weighted by Gasteiger charge is 2.23. The van der Waals surface area contributed by atoms with Gasteiger partial charge in [-0.05, 0) is 88.1 Å². The molecule has 11 heteroatoms. The minimum absolute atomic E-state index is 0.